The Bertz CT molecular complexity index is 587. The van der Waals surface area contributed by atoms with Crippen LogP contribution >= 0.6 is 15.9 Å². The predicted octanol–water partition coefficient (Wildman–Crippen LogP) is 4.06. The number of pyridine rings is 1. The van der Waals surface area contributed by atoms with Crippen molar-refractivity contribution in [3.8, 4) is 5.75 Å². The minimum atomic E-state index is -0.379. The molecule has 2 aromatic rings. The van der Waals surface area contributed by atoms with Crippen molar-refractivity contribution in [2.24, 2.45) is 0 Å². The highest BCUT2D eigenvalue weighted by molar-refractivity contribution is 9.10. The summed E-state index contributed by atoms with van der Waals surface area (Å²) in [7, 11) is 0. The van der Waals surface area contributed by atoms with Crippen molar-refractivity contribution in [2.75, 3.05) is 0 Å². The average Bonchev–Trinajstić information content (AvgIpc) is 2.47. The van der Waals surface area contributed by atoms with Gasteiger partial charge in [0, 0.05) is 23.3 Å². The molecule has 0 aliphatic carbocycles. The van der Waals surface area contributed by atoms with Gasteiger partial charge in [-0.1, -0.05) is 35.8 Å². The van der Waals surface area contributed by atoms with Gasteiger partial charge in [0.2, 0.25) is 0 Å². The van der Waals surface area contributed by atoms with E-state index in [-0.39, 0.29) is 18.2 Å². The standard InChI is InChI=1S/C16H18BrFN2O/c1-11(2)19-8-12-3-5-14(20-9-12)10-21-16-7-13(17)4-6-15(16)18/h3-7,9,11,19H,8,10H2,1-2H3. The summed E-state index contributed by atoms with van der Waals surface area (Å²) in [4.78, 5) is 4.32. The van der Waals surface area contributed by atoms with E-state index in [0.717, 1.165) is 22.3 Å². The Hall–Kier alpha value is -1.46. The van der Waals surface area contributed by atoms with Crippen LogP contribution in [0.25, 0.3) is 0 Å². The van der Waals surface area contributed by atoms with Gasteiger partial charge in [-0.05, 0) is 29.8 Å². The van der Waals surface area contributed by atoms with E-state index in [1.54, 1.807) is 12.1 Å². The maximum Gasteiger partial charge on any atom is 0.165 e. The first-order chi connectivity index (χ1) is 10.0. The first kappa shape index (κ1) is 15.9. The van der Waals surface area contributed by atoms with E-state index in [9.17, 15) is 4.39 Å². The number of hydrogen-bond donors (Lipinski definition) is 1. The second kappa shape index (κ2) is 7.52. The molecule has 0 radical (unpaired) electrons. The molecule has 0 amide bonds. The Morgan fingerprint density at radius 3 is 2.76 bits per heavy atom. The van der Waals surface area contributed by atoms with Crippen molar-refractivity contribution in [1.29, 1.82) is 0 Å². The summed E-state index contributed by atoms with van der Waals surface area (Å²) < 4.78 is 19.8. The monoisotopic (exact) mass is 352 g/mol. The number of benzene rings is 1. The molecule has 2 rings (SSSR count). The zero-order valence-corrected chi connectivity index (χ0v) is 13.7. The first-order valence-corrected chi connectivity index (χ1v) is 7.59. The minimum absolute atomic E-state index is 0.219. The number of ether oxygens (including phenoxy) is 1. The third kappa shape index (κ3) is 5.10. The van der Waals surface area contributed by atoms with E-state index in [0.29, 0.717) is 6.04 Å². The molecular formula is C16H18BrFN2O. The normalized spacial score (nSPS) is 10.9. The van der Waals surface area contributed by atoms with Crippen LogP contribution in [0, 0.1) is 5.82 Å². The fraction of sp³-hybridized carbons (Fsp3) is 0.312. The molecule has 0 saturated heterocycles. The van der Waals surface area contributed by atoms with E-state index >= 15 is 0 Å². The lowest BCUT2D eigenvalue weighted by Gasteiger charge is -2.09. The summed E-state index contributed by atoms with van der Waals surface area (Å²) in [5.74, 6) is -0.160. The molecule has 0 saturated carbocycles. The maximum atomic E-state index is 13.5. The highest BCUT2D eigenvalue weighted by Gasteiger charge is 2.05. The van der Waals surface area contributed by atoms with Crippen LogP contribution in [0.15, 0.2) is 41.0 Å². The number of nitrogens with one attached hydrogen (secondary N) is 1. The largest absolute Gasteiger partial charge is 0.484 e. The van der Waals surface area contributed by atoms with Crippen LogP contribution in [-0.4, -0.2) is 11.0 Å². The van der Waals surface area contributed by atoms with Gasteiger partial charge < -0.3 is 10.1 Å². The summed E-state index contributed by atoms with van der Waals surface area (Å²) in [5.41, 5.74) is 1.88. The summed E-state index contributed by atoms with van der Waals surface area (Å²) >= 11 is 3.29. The van der Waals surface area contributed by atoms with E-state index in [1.165, 1.54) is 6.07 Å². The van der Waals surface area contributed by atoms with E-state index in [2.05, 4.69) is 40.1 Å². The van der Waals surface area contributed by atoms with Gasteiger partial charge in [-0.3, -0.25) is 4.98 Å². The van der Waals surface area contributed by atoms with Crippen molar-refractivity contribution in [3.05, 3.63) is 58.1 Å². The number of halogens is 2. The molecule has 0 atom stereocenters. The number of rotatable bonds is 6. The maximum absolute atomic E-state index is 13.5. The molecule has 0 aliphatic heterocycles. The summed E-state index contributed by atoms with van der Waals surface area (Å²) in [6.45, 7) is 5.22. The quantitative estimate of drug-likeness (QED) is 0.851. The van der Waals surface area contributed by atoms with Crippen LogP contribution < -0.4 is 10.1 Å². The van der Waals surface area contributed by atoms with Crippen LogP contribution in [0.3, 0.4) is 0 Å². The lowest BCUT2D eigenvalue weighted by Crippen LogP contribution is -2.21. The molecule has 1 N–H and O–H groups in total. The van der Waals surface area contributed by atoms with Gasteiger partial charge in [-0.25, -0.2) is 4.39 Å². The van der Waals surface area contributed by atoms with Crippen molar-refractivity contribution in [2.45, 2.75) is 33.0 Å². The third-order valence-electron chi connectivity index (χ3n) is 2.87. The van der Waals surface area contributed by atoms with E-state index in [4.69, 9.17) is 4.74 Å². The summed E-state index contributed by atoms with van der Waals surface area (Å²) in [5, 5.41) is 3.33. The topological polar surface area (TPSA) is 34.1 Å². The van der Waals surface area contributed by atoms with Crippen molar-refractivity contribution in [3.63, 3.8) is 0 Å². The summed E-state index contributed by atoms with van der Waals surface area (Å²) in [6, 6.07) is 8.94. The van der Waals surface area contributed by atoms with Crippen molar-refractivity contribution < 1.29 is 9.13 Å². The molecule has 3 nitrogen and oxygen atoms in total. The van der Waals surface area contributed by atoms with Crippen LogP contribution in [0.1, 0.15) is 25.1 Å². The van der Waals surface area contributed by atoms with E-state index in [1.807, 2.05) is 18.3 Å². The highest BCUT2D eigenvalue weighted by atomic mass is 79.9. The van der Waals surface area contributed by atoms with Crippen molar-refractivity contribution >= 4 is 15.9 Å². The van der Waals surface area contributed by atoms with Crippen LogP contribution in [0.5, 0.6) is 5.75 Å². The van der Waals surface area contributed by atoms with Gasteiger partial charge >= 0.3 is 0 Å². The second-order valence-corrected chi connectivity index (χ2v) is 5.97. The highest BCUT2D eigenvalue weighted by Crippen LogP contribution is 2.22. The lowest BCUT2D eigenvalue weighted by molar-refractivity contribution is 0.285. The average molecular weight is 353 g/mol. The fourth-order valence-electron chi connectivity index (χ4n) is 1.71. The van der Waals surface area contributed by atoms with Gasteiger partial charge in [0.15, 0.2) is 11.6 Å². The molecule has 0 fully saturated rings. The SMILES string of the molecule is CC(C)NCc1ccc(COc2cc(Br)ccc2F)nc1. The van der Waals surface area contributed by atoms with Crippen LogP contribution in [-0.2, 0) is 13.2 Å². The zero-order chi connectivity index (χ0) is 15.2. The molecule has 1 heterocycles. The minimum Gasteiger partial charge on any atom is -0.484 e. The fourth-order valence-corrected chi connectivity index (χ4v) is 2.05. The Balaban J connectivity index is 1.93. The summed E-state index contributed by atoms with van der Waals surface area (Å²) in [6.07, 6.45) is 1.81. The zero-order valence-electron chi connectivity index (χ0n) is 12.1. The van der Waals surface area contributed by atoms with Gasteiger partial charge in [0.1, 0.15) is 6.61 Å². The Labute approximate surface area is 132 Å². The molecule has 1 aromatic heterocycles. The van der Waals surface area contributed by atoms with Crippen LogP contribution in [0.2, 0.25) is 0 Å². The smallest absolute Gasteiger partial charge is 0.165 e. The first-order valence-electron chi connectivity index (χ1n) is 6.79. The van der Waals surface area contributed by atoms with E-state index < -0.39 is 0 Å². The Morgan fingerprint density at radius 1 is 1.29 bits per heavy atom. The van der Waals surface area contributed by atoms with Gasteiger partial charge in [-0.2, -0.15) is 0 Å². The molecule has 112 valence electrons. The number of aromatic nitrogens is 1. The molecule has 0 aliphatic rings. The Morgan fingerprint density at radius 2 is 2.10 bits per heavy atom. The molecular weight excluding hydrogens is 335 g/mol. The van der Waals surface area contributed by atoms with Gasteiger partial charge in [0.25, 0.3) is 0 Å². The van der Waals surface area contributed by atoms with Crippen LogP contribution in [0.4, 0.5) is 4.39 Å². The molecule has 0 unspecified atom stereocenters. The molecule has 1 aromatic carbocycles. The molecule has 0 spiro atoms. The molecule has 21 heavy (non-hydrogen) atoms. The Kier molecular flexibility index (Phi) is 5.70. The van der Waals surface area contributed by atoms with Crippen molar-refractivity contribution in [1.82, 2.24) is 10.3 Å². The van der Waals surface area contributed by atoms with Gasteiger partial charge in [0.05, 0.1) is 5.69 Å². The second-order valence-electron chi connectivity index (χ2n) is 5.06. The molecule has 0 bridgehead atoms. The third-order valence-corrected chi connectivity index (χ3v) is 3.36. The molecule has 5 heteroatoms. The predicted molar refractivity (Wildman–Crippen MR) is 84.6 cm³/mol. The van der Waals surface area contributed by atoms with Gasteiger partial charge in [-0.15, -0.1) is 0 Å². The lowest BCUT2D eigenvalue weighted by atomic mass is 10.2. The number of hydrogen-bond acceptors (Lipinski definition) is 3. The number of nitrogens with zero attached hydrogens (tertiary/aromatic N) is 1.